The molecule has 124 valence electrons. The Balaban J connectivity index is 1.82. The van der Waals surface area contributed by atoms with E-state index in [0.29, 0.717) is 12.1 Å². The van der Waals surface area contributed by atoms with E-state index >= 15 is 0 Å². The van der Waals surface area contributed by atoms with Crippen molar-refractivity contribution in [3.05, 3.63) is 65.2 Å². The smallest absolute Gasteiger partial charge is 0.254 e. The summed E-state index contributed by atoms with van der Waals surface area (Å²) in [4.78, 5) is 28.0. The number of anilines is 1. The summed E-state index contributed by atoms with van der Waals surface area (Å²) in [5, 5.41) is 0. The molecule has 4 heteroatoms. The summed E-state index contributed by atoms with van der Waals surface area (Å²) in [5.74, 6) is 0.0399. The molecule has 0 aliphatic carbocycles. The lowest BCUT2D eigenvalue weighted by atomic mass is 10.0. The van der Waals surface area contributed by atoms with Gasteiger partial charge in [0.2, 0.25) is 5.91 Å². The van der Waals surface area contributed by atoms with Crippen molar-refractivity contribution >= 4 is 17.5 Å². The van der Waals surface area contributed by atoms with E-state index in [9.17, 15) is 9.59 Å². The number of carbonyl (C=O) groups excluding carboxylic acids is 2. The van der Waals surface area contributed by atoms with Crippen molar-refractivity contribution in [1.29, 1.82) is 0 Å². The summed E-state index contributed by atoms with van der Waals surface area (Å²) in [6.45, 7) is 4.29. The average molecular weight is 322 g/mol. The molecule has 0 bridgehead atoms. The molecule has 1 aliphatic heterocycles. The standard InChI is InChI=1S/C20H22N2O2/c1-14(16-7-5-4-6-8-16)21(3)20(24)18-9-10-19-17(13-18)11-12-22(19)15(2)23/h4-10,13-14H,11-12H2,1-3H3/t14-/m1/s1. The van der Waals surface area contributed by atoms with Gasteiger partial charge in [-0.1, -0.05) is 30.3 Å². The van der Waals surface area contributed by atoms with Crippen molar-refractivity contribution in [3.63, 3.8) is 0 Å². The van der Waals surface area contributed by atoms with Gasteiger partial charge in [-0.15, -0.1) is 0 Å². The van der Waals surface area contributed by atoms with E-state index in [4.69, 9.17) is 0 Å². The van der Waals surface area contributed by atoms with E-state index in [1.54, 1.807) is 16.7 Å². The van der Waals surface area contributed by atoms with Gasteiger partial charge in [-0.05, 0) is 42.7 Å². The predicted molar refractivity (Wildman–Crippen MR) is 95.1 cm³/mol. The first-order valence-corrected chi connectivity index (χ1v) is 8.22. The fraction of sp³-hybridized carbons (Fsp3) is 0.300. The summed E-state index contributed by atoms with van der Waals surface area (Å²) in [6, 6.07) is 15.6. The Kier molecular flexibility index (Phi) is 4.38. The van der Waals surface area contributed by atoms with Gasteiger partial charge in [0, 0.05) is 31.8 Å². The summed E-state index contributed by atoms with van der Waals surface area (Å²) >= 11 is 0. The molecular weight excluding hydrogens is 300 g/mol. The van der Waals surface area contributed by atoms with Crippen LogP contribution in [0.3, 0.4) is 0 Å². The first-order chi connectivity index (χ1) is 11.5. The second kappa shape index (κ2) is 6.48. The Morgan fingerprint density at radius 2 is 1.83 bits per heavy atom. The average Bonchev–Trinajstić information content (AvgIpc) is 3.04. The first kappa shape index (κ1) is 16.2. The van der Waals surface area contributed by atoms with Crippen LogP contribution >= 0.6 is 0 Å². The molecule has 1 heterocycles. The van der Waals surface area contributed by atoms with Crippen LogP contribution in [0.1, 0.15) is 41.4 Å². The maximum Gasteiger partial charge on any atom is 0.254 e. The quantitative estimate of drug-likeness (QED) is 0.868. The van der Waals surface area contributed by atoms with Crippen molar-refractivity contribution in [3.8, 4) is 0 Å². The molecule has 3 rings (SSSR count). The number of amides is 2. The topological polar surface area (TPSA) is 40.6 Å². The maximum atomic E-state index is 12.8. The van der Waals surface area contributed by atoms with Gasteiger partial charge in [-0.3, -0.25) is 9.59 Å². The van der Waals surface area contributed by atoms with Crippen molar-refractivity contribution < 1.29 is 9.59 Å². The van der Waals surface area contributed by atoms with Crippen LogP contribution < -0.4 is 4.90 Å². The zero-order valence-electron chi connectivity index (χ0n) is 14.3. The third-order valence-corrected chi connectivity index (χ3v) is 4.79. The highest BCUT2D eigenvalue weighted by Crippen LogP contribution is 2.30. The lowest BCUT2D eigenvalue weighted by Gasteiger charge is -2.25. The minimum absolute atomic E-state index is 0.000623. The summed E-state index contributed by atoms with van der Waals surface area (Å²) in [5.41, 5.74) is 3.77. The molecule has 0 spiro atoms. The minimum Gasteiger partial charge on any atom is -0.335 e. The van der Waals surface area contributed by atoms with Gasteiger partial charge in [-0.2, -0.15) is 0 Å². The fourth-order valence-corrected chi connectivity index (χ4v) is 3.20. The fourth-order valence-electron chi connectivity index (χ4n) is 3.20. The van der Waals surface area contributed by atoms with E-state index in [-0.39, 0.29) is 17.9 Å². The van der Waals surface area contributed by atoms with Crippen LogP contribution in [0.15, 0.2) is 48.5 Å². The van der Waals surface area contributed by atoms with Gasteiger partial charge in [0.25, 0.3) is 5.91 Å². The third kappa shape index (κ3) is 2.92. The molecule has 2 aromatic carbocycles. The SMILES string of the molecule is CC(=O)N1CCc2cc(C(=O)N(C)[C@H](C)c3ccccc3)ccc21. The number of hydrogen-bond acceptors (Lipinski definition) is 2. The molecule has 1 atom stereocenters. The molecule has 2 amide bonds. The van der Waals surface area contributed by atoms with E-state index in [2.05, 4.69) is 0 Å². The zero-order chi connectivity index (χ0) is 17.3. The normalized spacial score (nSPS) is 14.2. The van der Waals surface area contributed by atoms with Crippen LogP contribution in [-0.4, -0.2) is 30.3 Å². The first-order valence-electron chi connectivity index (χ1n) is 8.22. The number of rotatable bonds is 3. The highest BCUT2D eigenvalue weighted by molar-refractivity contribution is 5.98. The molecule has 2 aromatic rings. The third-order valence-electron chi connectivity index (χ3n) is 4.79. The van der Waals surface area contributed by atoms with Gasteiger partial charge in [0.15, 0.2) is 0 Å². The minimum atomic E-state index is -0.00423. The Hall–Kier alpha value is -2.62. The number of hydrogen-bond donors (Lipinski definition) is 0. The van der Waals surface area contributed by atoms with Crippen molar-refractivity contribution in [2.45, 2.75) is 26.3 Å². The van der Waals surface area contributed by atoms with Crippen LogP contribution in [-0.2, 0) is 11.2 Å². The van der Waals surface area contributed by atoms with Crippen molar-refractivity contribution in [2.75, 3.05) is 18.5 Å². The Labute approximate surface area is 142 Å². The molecule has 24 heavy (non-hydrogen) atoms. The highest BCUT2D eigenvalue weighted by atomic mass is 16.2. The number of fused-ring (bicyclic) bond motifs is 1. The number of carbonyl (C=O) groups is 2. The highest BCUT2D eigenvalue weighted by Gasteiger charge is 2.25. The second-order valence-corrected chi connectivity index (χ2v) is 6.27. The van der Waals surface area contributed by atoms with E-state index in [1.807, 2.05) is 62.5 Å². The molecule has 0 aromatic heterocycles. The molecule has 1 aliphatic rings. The van der Waals surface area contributed by atoms with Crippen LogP contribution in [0.2, 0.25) is 0 Å². The second-order valence-electron chi connectivity index (χ2n) is 6.27. The van der Waals surface area contributed by atoms with E-state index in [0.717, 1.165) is 23.2 Å². The number of benzene rings is 2. The zero-order valence-corrected chi connectivity index (χ0v) is 14.3. The maximum absolute atomic E-state index is 12.8. The van der Waals surface area contributed by atoms with Crippen LogP contribution in [0.5, 0.6) is 0 Å². The molecule has 0 unspecified atom stereocenters. The van der Waals surface area contributed by atoms with E-state index < -0.39 is 0 Å². The molecule has 0 radical (unpaired) electrons. The number of nitrogens with zero attached hydrogens (tertiary/aromatic N) is 2. The Morgan fingerprint density at radius 1 is 1.12 bits per heavy atom. The predicted octanol–water partition coefficient (Wildman–Crippen LogP) is 3.43. The van der Waals surface area contributed by atoms with E-state index in [1.165, 1.54) is 0 Å². The summed E-state index contributed by atoms with van der Waals surface area (Å²) < 4.78 is 0. The van der Waals surface area contributed by atoms with Gasteiger partial charge in [-0.25, -0.2) is 0 Å². The van der Waals surface area contributed by atoms with Crippen molar-refractivity contribution in [1.82, 2.24) is 4.90 Å². The summed E-state index contributed by atoms with van der Waals surface area (Å²) in [7, 11) is 1.83. The molecule has 0 saturated carbocycles. The Morgan fingerprint density at radius 3 is 2.50 bits per heavy atom. The molecule has 0 N–H and O–H groups in total. The van der Waals surface area contributed by atoms with Crippen LogP contribution in [0, 0.1) is 0 Å². The van der Waals surface area contributed by atoms with Crippen LogP contribution in [0.4, 0.5) is 5.69 Å². The largest absolute Gasteiger partial charge is 0.335 e. The molecular formula is C20H22N2O2. The van der Waals surface area contributed by atoms with Crippen molar-refractivity contribution in [2.24, 2.45) is 0 Å². The summed E-state index contributed by atoms with van der Waals surface area (Å²) in [6.07, 6.45) is 0.800. The monoisotopic (exact) mass is 322 g/mol. The lowest BCUT2D eigenvalue weighted by molar-refractivity contribution is -0.116. The lowest BCUT2D eigenvalue weighted by Crippen LogP contribution is -2.29. The molecule has 0 fully saturated rings. The molecule has 0 saturated heterocycles. The Bertz CT molecular complexity index is 770. The van der Waals surface area contributed by atoms with Crippen LogP contribution in [0.25, 0.3) is 0 Å². The van der Waals surface area contributed by atoms with Gasteiger partial charge in [0.05, 0.1) is 6.04 Å². The van der Waals surface area contributed by atoms with Gasteiger partial charge < -0.3 is 9.80 Å². The molecule has 4 nitrogen and oxygen atoms in total. The van der Waals surface area contributed by atoms with Gasteiger partial charge in [0.1, 0.15) is 0 Å². The van der Waals surface area contributed by atoms with Gasteiger partial charge >= 0.3 is 0 Å².